The van der Waals surface area contributed by atoms with E-state index in [0.717, 1.165) is 5.56 Å². The van der Waals surface area contributed by atoms with Crippen LogP contribution in [0.1, 0.15) is 33.3 Å². The average molecular weight is 286 g/mol. The van der Waals surface area contributed by atoms with Crippen LogP contribution in [0, 0.1) is 0 Å². The van der Waals surface area contributed by atoms with Gasteiger partial charge in [-0.25, -0.2) is 0 Å². The molecule has 1 aromatic rings. The van der Waals surface area contributed by atoms with Crippen LogP contribution in [-0.4, -0.2) is 22.7 Å². The van der Waals surface area contributed by atoms with E-state index >= 15 is 0 Å². The zero-order chi connectivity index (χ0) is 14.6. The minimum atomic E-state index is -0.504. The topological polar surface area (TPSA) is 58.6 Å². The van der Waals surface area contributed by atoms with Crippen LogP contribution >= 0.6 is 11.6 Å². The van der Waals surface area contributed by atoms with Gasteiger partial charge >= 0.3 is 5.97 Å². The minimum Gasteiger partial charge on any atom is -0.506 e. The second kappa shape index (κ2) is 6.26. The van der Waals surface area contributed by atoms with Gasteiger partial charge in [-0.2, -0.15) is 0 Å². The van der Waals surface area contributed by atoms with Gasteiger partial charge < -0.3 is 15.2 Å². The van der Waals surface area contributed by atoms with E-state index in [1.807, 2.05) is 20.8 Å². The summed E-state index contributed by atoms with van der Waals surface area (Å²) in [5.74, 6) is -0.283. The van der Waals surface area contributed by atoms with Gasteiger partial charge in [0.25, 0.3) is 0 Å². The number of esters is 1. The van der Waals surface area contributed by atoms with Gasteiger partial charge in [-0.1, -0.05) is 23.7 Å². The molecule has 0 aliphatic carbocycles. The highest BCUT2D eigenvalue weighted by Crippen LogP contribution is 2.26. The summed E-state index contributed by atoms with van der Waals surface area (Å²) >= 11 is 5.96. The van der Waals surface area contributed by atoms with Crippen molar-refractivity contribution in [3.8, 4) is 5.75 Å². The zero-order valence-corrected chi connectivity index (χ0v) is 12.4. The van der Waals surface area contributed by atoms with Crippen molar-refractivity contribution < 1.29 is 14.6 Å². The normalized spacial score (nSPS) is 13.1. The van der Waals surface area contributed by atoms with E-state index in [4.69, 9.17) is 16.3 Å². The number of nitrogens with one attached hydrogen (secondary N) is 1. The molecule has 0 fully saturated rings. The van der Waals surface area contributed by atoms with Crippen molar-refractivity contribution in [2.24, 2.45) is 0 Å². The Morgan fingerprint density at radius 2 is 2.11 bits per heavy atom. The molecule has 5 heteroatoms. The van der Waals surface area contributed by atoms with Crippen LogP contribution < -0.4 is 5.32 Å². The standard InChI is InChI=1S/C14H20ClNO3/c1-9(13(18)19-14(2,3)4)16-8-10-6-5-7-11(17)12(10)15/h5-7,9,16-17H,8H2,1-4H3. The largest absolute Gasteiger partial charge is 0.506 e. The predicted octanol–water partition coefficient (Wildman–Crippen LogP) is 2.87. The van der Waals surface area contributed by atoms with E-state index in [1.54, 1.807) is 19.1 Å². The minimum absolute atomic E-state index is 0.0332. The third-order valence-electron chi connectivity index (χ3n) is 2.42. The van der Waals surface area contributed by atoms with E-state index in [9.17, 15) is 9.90 Å². The van der Waals surface area contributed by atoms with Gasteiger partial charge in [0.1, 0.15) is 17.4 Å². The first-order chi connectivity index (χ1) is 8.70. The quantitative estimate of drug-likeness (QED) is 0.835. The van der Waals surface area contributed by atoms with Gasteiger partial charge in [-0.3, -0.25) is 4.79 Å². The molecule has 1 aromatic carbocycles. The highest BCUT2D eigenvalue weighted by molar-refractivity contribution is 6.32. The summed E-state index contributed by atoms with van der Waals surface area (Å²) in [6.07, 6.45) is 0. The molecule has 0 heterocycles. The third kappa shape index (κ3) is 5.09. The molecule has 2 N–H and O–H groups in total. The first kappa shape index (κ1) is 15.8. The lowest BCUT2D eigenvalue weighted by Crippen LogP contribution is -2.38. The number of aromatic hydroxyl groups is 1. The Morgan fingerprint density at radius 1 is 1.47 bits per heavy atom. The van der Waals surface area contributed by atoms with E-state index in [-0.39, 0.29) is 11.7 Å². The maximum Gasteiger partial charge on any atom is 0.323 e. The van der Waals surface area contributed by atoms with E-state index < -0.39 is 11.6 Å². The number of ether oxygens (including phenoxy) is 1. The highest BCUT2D eigenvalue weighted by atomic mass is 35.5. The number of halogens is 1. The Hall–Kier alpha value is -1.26. The Morgan fingerprint density at radius 3 is 2.68 bits per heavy atom. The molecule has 0 bridgehead atoms. The molecule has 1 unspecified atom stereocenters. The SMILES string of the molecule is CC(NCc1cccc(O)c1Cl)C(=O)OC(C)(C)C. The molecule has 19 heavy (non-hydrogen) atoms. The first-order valence-corrected chi connectivity index (χ1v) is 6.51. The summed E-state index contributed by atoms with van der Waals surface area (Å²) in [7, 11) is 0. The van der Waals surface area contributed by atoms with Crippen molar-refractivity contribution in [3.63, 3.8) is 0 Å². The molecule has 1 atom stereocenters. The number of hydrogen-bond donors (Lipinski definition) is 2. The van der Waals surface area contributed by atoms with Crippen LogP contribution in [0.15, 0.2) is 18.2 Å². The Labute approximate surface area is 118 Å². The monoisotopic (exact) mass is 285 g/mol. The smallest absolute Gasteiger partial charge is 0.323 e. The number of rotatable bonds is 4. The molecular formula is C14H20ClNO3. The zero-order valence-electron chi connectivity index (χ0n) is 11.7. The number of carbonyl (C=O) groups excluding carboxylic acids is 1. The molecular weight excluding hydrogens is 266 g/mol. The summed E-state index contributed by atoms with van der Waals surface area (Å²) in [4.78, 5) is 11.8. The van der Waals surface area contributed by atoms with Crippen LogP contribution in [0.25, 0.3) is 0 Å². The first-order valence-electron chi connectivity index (χ1n) is 6.13. The average Bonchev–Trinajstić information content (AvgIpc) is 2.28. The lowest BCUT2D eigenvalue weighted by atomic mass is 10.2. The number of phenolic OH excluding ortho intramolecular Hbond substituents is 1. The summed E-state index contributed by atoms with van der Waals surface area (Å²) < 4.78 is 5.26. The second-order valence-electron chi connectivity index (χ2n) is 5.39. The van der Waals surface area contributed by atoms with Crippen molar-refractivity contribution in [2.75, 3.05) is 0 Å². The molecule has 4 nitrogen and oxygen atoms in total. The molecule has 0 saturated heterocycles. The molecule has 0 aliphatic rings. The summed E-state index contributed by atoms with van der Waals surface area (Å²) in [5.41, 5.74) is 0.229. The van der Waals surface area contributed by atoms with Gasteiger partial charge in [0.05, 0.1) is 5.02 Å². The highest BCUT2D eigenvalue weighted by Gasteiger charge is 2.21. The predicted molar refractivity (Wildman–Crippen MR) is 75.3 cm³/mol. The van der Waals surface area contributed by atoms with Crippen molar-refractivity contribution >= 4 is 17.6 Å². The van der Waals surface area contributed by atoms with Gasteiger partial charge in [0.15, 0.2) is 0 Å². The van der Waals surface area contributed by atoms with E-state index in [1.165, 1.54) is 6.07 Å². The lowest BCUT2D eigenvalue weighted by molar-refractivity contribution is -0.157. The molecule has 0 spiro atoms. The summed E-state index contributed by atoms with van der Waals surface area (Å²) in [6, 6.07) is 4.56. The fraction of sp³-hybridized carbons (Fsp3) is 0.500. The summed E-state index contributed by atoms with van der Waals surface area (Å²) in [5, 5.41) is 12.8. The Bertz CT molecular complexity index is 454. The van der Waals surface area contributed by atoms with Gasteiger partial charge in [0.2, 0.25) is 0 Å². The van der Waals surface area contributed by atoms with Crippen molar-refractivity contribution in [3.05, 3.63) is 28.8 Å². The maximum atomic E-state index is 11.8. The fourth-order valence-electron chi connectivity index (χ4n) is 1.44. The van der Waals surface area contributed by atoms with E-state index in [0.29, 0.717) is 11.6 Å². The molecule has 106 valence electrons. The second-order valence-corrected chi connectivity index (χ2v) is 5.76. The Kier molecular flexibility index (Phi) is 5.20. The molecule has 0 amide bonds. The van der Waals surface area contributed by atoms with Crippen LogP contribution in [0.3, 0.4) is 0 Å². The maximum absolute atomic E-state index is 11.8. The van der Waals surface area contributed by atoms with Gasteiger partial charge in [-0.05, 0) is 39.3 Å². The van der Waals surface area contributed by atoms with Crippen LogP contribution in [0.2, 0.25) is 5.02 Å². The van der Waals surface area contributed by atoms with Gasteiger partial charge in [-0.15, -0.1) is 0 Å². The third-order valence-corrected chi connectivity index (χ3v) is 2.85. The number of hydrogen-bond acceptors (Lipinski definition) is 4. The molecule has 0 aliphatic heterocycles. The molecule has 0 radical (unpaired) electrons. The van der Waals surface area contributed by atoms with Gasteiger partial charge in [0, 0.05) is 6.54 Å². The van der Waals surface area contributed by atoms with Crippen molar-refractivity contribution in [1.29, 1.82) is 0 Å². The Balaban J connectivity index is 2.57. The van der Waals surface area contributed by atoms with Crippen LogP contribution in [-0.2, 0) is 16.1 Å². The van der Waals surface area contributed by atoms with Crippen molar-refractivity contribution in [2.45, 2.75) is 45.9 Å². The molecule has 0 saturated carbocycles. The lowest BCUT2D eigenvalue weighted by Gasteiger charge is -2.22. The van der Waals surface area contributed by atoms with Crippen LogP contribution in [0.4, 0.5) is 0 Å². The van der Waals surface area contributed by atoms with Crippen molar-refractivity contribution in [1.82, 2.24) is 5.32 Å². The number of benzene rings is 1. The number of carbonyl (C=O) groups is 1. The van der Waals surface area contributed by atoms with E-state index in [2.05, 4.69) is 5.32 Å². The summed E-state index contributed by atoms with van der Waals surface area (Å²) in [6.45, 7) is 7.58. The molecule has 0 aromatic heterocycles. The number of phenols is 1. The fourth-order valence-corrected chi connectivity index (χ4v) is 1.63. The van der Waals surface area contributed by atoms with Crippen LogP contribution in [0.5, 0.6) is 5.75 Å². The molecule has 1 rings (SSSR count).